The summed E-state index contributed by atoms with van der Waals surface area (Å²) in [5.41, 5.74) is 0. The summed E-state index contributed by atoms with van der Waals surface area (Å²) < 4.78 is 0. The van der Waals surface area contributed by atoms with Crippen molar-refractivity contribution >= 4 is 8.60 Å². The van der Waals surface area contributed by atoms with Crippen molar-refractivity contribution in [3.8, 4) is 0 Å². The van der Waals surface area contributed by atoms with Gasteiger partial charge in [-0.25, -0.2) is 0 Å². The standard InChI is InChI=1S/H3O3P.Rb.H/c1-4(2)3;;/h1-3H;;/q;+1;-1. The normalized spacial score (nSPS) is 7.20. The van der Waals surface area contributed by atoms with E-state index in [0.29, 0.717) is 0 Å². The molecule has 0 aromatic rings. The molecule has 0 heterocycles. The van der Waals surface area contributed by atoms with Crippen molar-refractivity contribution < 1.29 is 74.3 Å². The predicted molar refractivity (Wildman–Crippen MR) is 14.7 cm³/mol. The van der Waals surface area contributed by atoms with Crippen molar-refractivity contribution in [3.63, 3.8) is 0 Å². The van der Waals surface area contributed by atoms with E-state index in [-0.39, 0.29) is 59.6 Å². The molecule has 28 valence electrons. The van der Waals surface area contributed by atoms with Crippen molar-refractivity contribution in [2.45, 2.75) is 0 Å². The molecule has 0 aliphatic carbocycles. The summed E-state index contributed by atoms with van der Waals surface area (Å²) >= 11 is 0. The van der Waals surface area contributed by atoms with E-state index in [1.807, 2.05) is 0 Å². The third-order valence-corrected chi connectivity index (χ3v) is 0. The van der Waals surface area contributed by atoms with E-state index < -0.39 is 8.60 Å². The molecule has 0 saturated heterocycles. The van der Waals surface area contributed by atoms with Crippen LogP contribution in [0.1, 0.15) is 1.43 Å². The van der Waals surface area contributed by atoms with E-state index in [9.17, 15) is 0 Å². The fraction of sp³-hybridized carbons (Fsp3) is 0. The first kappa shape index (κ1) is 10.2. The van der Waals surface area contributed by atoms with Gasteiger partial charge in [-0.2, -0.15) is 0 Å². The van der Waals surface area contributed by atoms with Gasteiger partial charge in [0.2, 0.25) is 0 Å². The zero-order chi connectivity index (χ0) is 3.58. The van der Waals surface area contributed by atoms with Gasteiger partial charge >= 0.3 is 66.8 Å². The maximum Gasteiger partial charge on any atom is 1.00 e. The Hall–Kier alpha value is 2.12. The molecular formula is H4O3PRb. The summed E-state index contributed by atoms with van der Waals surface area (Å²) in [4.78, 5) is 21.7. The van der Waals surface area contributed by atoms with Crippen LogP contribution in [0.25, 0.3) is 0 Å². The van der Waals surface area contributed by atoms with Gasteiger partial charge in [-0.1, -0.05) is 0 Å². The van der Waals surface area contributed by atoms with Crippen LogP contribution in [0.15, 0.2) is 0 Å². The molecule has 0 saturated carbocycles. The van der Waals surface area contributed by atoms with Gasteiger partial charge in [-0.05, 0) is 0 Å². The van der Waals surface area contributed by atoms with Crippen LogP contribution in [-0.2, 0) is 0 Å². The number of hydrogen-bond acceptors (Lipinski definition) is 3. The Balaban J connectivity index is -0.0000000450. The molecule has 5 heteroatoms. The van der Waals surface area contributed by atoms with E-state index in [0.717, 1.165) is 0 Å². The van der Waals surface area contributed by atoms with Crippen LogP contribution < -0.4 is 58.2 Å². The number of hydrogen-bond donors (Lipinski definition) is 3. The first-order valence-corrected chi connectivity index (χ1v) is 1.80. The molecule has 0 bridgehead atoms. The molecule has 3 N–H and O–H groups in total. The Bertz CT molecular complexity index is 15.5. The Morgan fingerprint density at radius 2 is 1.20 bits per heavy atom. The smallest absolute Gasteiger partial charge is 1.00 e. The van der Waals surface area contributed by atoms with Crippen molar-refractivity contribution in [1.29, 1.82) is 0 Å². The van der Waals surface area contributed by atoms with Crippen LogP contribution in [-0.4, -0.2) is 14.7 Å². The average Bonchev–Trinajstić information content (AvgIpc) is 0.811. The largest absolute Gasteiger partial charge is 1.00 e. The van der Waals surface area contributed by atoms with E-state index in [2.05, 4.69) is 0 Å². The monoisotopic (exact) mass is 168 g/mol. The van der Waals surface area contributed by atoms with Crippen LogP contribution in [0, 0.1) is 0 Å². The van der Waals surface area contributed by atoms with Gasteiger partial charge in [0.1, 0.15) is 0 Å². The Morgan fingerprint density at radius 3 is 1.20 bits per heavy atom. The molecule has 3 nitrogen and oxygen atoms in total. The summed E-state index contributed by atoms with van der Waals surface area (Å²) in [6.45, 7) is 0. The molecule has 0 aliphatic heterocycles. The third-order valence-electron chi connectivity index (χ3n) is 0. The summed E-state index contributed by atoms with van der Waals surface area (Å²) in [5.74, 6) is 0. The van der Waals surface area contributed by atoms with E-state index >= 15 is 0 Å². The van der Waals surface area contributed by atoms with Crippen LogP contribution in [0.3, 0.4) is 0 Å². The molecule has 0 amide bonds. The molecule has 5 heavy (non-hydrogen) atoms. The minimum Gasteiger partial charge on any atom is -1.00 e. The second-order valence-corrected chi connectivity index (χ2v) is 0.805. The molecule has 0 aromatic carbocycles. The molecule has 0 aliphatic rings. The van der Waals surface area contributed by atoms with Crippen LogP contribution >= 0.6 is 8.60 Å². The second kappa shape index (κ2) is 6.12. The molecular weight excluding hydrogens is 164 g/mol. The minimum atomic E-state index is -2.62. The molecule has 0 aromatic heterocycles. The van der Waals surface area contributed by atoms with Gasteiger partial charge in [0.25, 0.3) is 0 Å². The van der Waals surface area contributed by atoms with Gasteiger partial charge < -0.3 is 16.1 Å². The van der Waals surface area contributed by atoms with Crippen molar-refractivity contribution in [3.05, 3.63) is 0 Å². The van der Waals surface area contributed by atoms with Crippen LogP contribution in [0.5, 0.6) is 0 Å². The zero-order valence-corrected chi connectivity index (χ0v) is 8.60. The molecule has 0 radical (unpaired) electrons. The molecule has 0 unspecified atom stereocenters. The van der Waals surface area contributed by atoms with Crippen LogP contribution in [0.4, 0.5) is 0 Å². The Morgan fingerprint density at radius 1 is 1.20 bits per heavy atom. The fourth-order valence-electron chi connectivity index (χ4n) is 0. The maximum atomic E-state index is 7.23. The fourth-order valence-corrected chi connectivity index (χ4v) is 0. The average molecular weight is 168 g/mol. The Labute approximate surface area is 81.3 Å². The third kappa shape index (κ3) is 23.1. The first-order chi connectivity index (χ1) is 1.73. The molecule has 0 spiro atoms. The van der Waals surface area contributed by atoms with Crippen molar-refractivity contribution in [2.24, 2.45) is 0 Å². The van der Waals surface area contributed by atoms with Crippen LogP contribution in [0.2, 0.25) is 0 Å². The molecule has 0 rings (SSSR count). The summed E-state index contributed by atoms with van der Waals surface area (Å²) in [6, 6.07) is 0. The second-order valence-electron chi connectivity index (χ2n) is 0.268. The topological polar surface area (TPSA) is 60.7 Å². The number of rotatable bonds is 0. The summed E-state index contributed by atoms with van der Waals surface area (Å²) in [6.07, 6.45) is 0. The van der Waals surface area contributed by atoms with E-state index in [1.165, 1.54) is 0 Å². The SMILES string of the molecule is OP(O)O.[H-].[Rb+]. The Kier molecular flexibility index (Phi) is 12.4. The zero-order valence-electron chi connectivity index (χ0n) is 3.79. The maximum absolute atomic E-state index is 7.23. The van der Waals surface area contributed by atoms with Crippen molar-refractivity contribution in [2.75, 3.05) is 0 Å². The van der Waals surface area contributed by atoms with E-state index in [1.54, 1.807) is 0 Å². The predicted octanol–water partition coefficient (Wildman–Crippen LogP) is -3.69. The minimum absolute atomic E-state index is 0. The summed E-state index contributed by atoms with van der Waals surface area (Å²) in [5, 5.41) is 0. The quantitative estimate of drug-likeness (QED) is 0.327. The van der Waals surface area contributed by atoms with Gasteiger partial charge in [-0.3, -0.25) is 0 Å². The van der Waals surface area contributed by atoms with Gasteiger partial charge in [0.15, 0.2) is 0 Å². The first-order valence-electron chi connectivity index (χ1n) is 0.600. The van der Waals surface area contributed by atoms with Gasteiger partial charge in [0.05, 0.1) is 0 Å². The van der Waals surface area contributed by atoms with Gasteiger partial charge in [-0.15, -0.1) is 0 Å². The van der Waals surface area contributed by atoms with Gasteiger partial charge in [0, 0.05) is 0 Å². The molecule has 0 atom stereocenters. The van der Waals surface area contributed by atoms with Crippen molar-refractivity contribution in [1.82, 2.24) is 0 Å². The van der Waals surface area contributed by atoms with E-state index in [4.69, 9.17) is 14.7 Å². The molecule has 0 fully saturated rings. The summed E-state index contributed by atoms with van der Waals surface area (Å²) in [7, 11) is -2.62.